The molecule has 0 fully saturated rings. The Kier molecular flexibility index (Phi) is 7.14. The van der Waals surface area contributed by atoms with E-state index in [9.17, 15) is 4.79 Å². The van der Waals surface area contributed by atoms with Gasteiger partial charge in [-0.25, -0.2) is 0 Å². The van der Waals surface area contributed by atoms with Crippen LogP contribution in [0, 0.1) is 0 Å². The van der Waals surface area contributed by atoms with Crippen LogP contribution in [0.3, 0.4) is 0 Å². The Hall–Kier alpha value is -2.20. The van der Waals surface area contributed by atoms with E-state index in [-0.39, 0.29) is 11.3 Å². The molecule has 0 bridgehead atoms. The zero-order valence-electron chi connectivity index (χ0n) is 16.7. The Morgan fingerprint density at radius 2 is 1.74 bits per heavy atom. The lowest BCUT2D eigenvalue weighted by Gasteiger charge is -2.19. The average Bonchev–Trinajstić information content (AvgIpc) is 2.60. The summed E-state index contributed by atoms with van der Waals surface area (Å²) in [5, 5.41) is 3.27. The van der Waals surface area contributed by atoms with Crippen molar-refractivity contribution in [1.29, 1.82) is 0 Å². The molecule has 0 atom stereocenters. The van der Waals surface area contributed by atoms with Gasteiger partial charge in [0.2, 0.25) is 0 Å². The molecule has 2 aromatic rings. The monoisotopic (exact) mass is 389 g/mol. The molecule has 0 saturated carbocycles. The first-order valence-corrected chi connectivity index (χ1v) is 9.65. The van der Waals surface area contributed by atoms with Crippen molar-refractivity contribution in [2.75, 3.05) is 18.5 Å². The number of carbonyl (C=O) groups excluding carboxylic acids is 1. The summed E-state index contributed by atoms with van der Waals surface area (Å²) < 4.78 is 11.3. The van der Waals surface area contributed by atoms with E-state index in [2.05, 4.69) is 26.1 Å². The van der Waals surface area contributed by atoms with Gasteiger partial charge in [0.05, 0.1) is 18.2 Å². The number of hydrogen-bond donors (Lipinski definition) is 1. The maximum Gasteiger partial charge on any atom is 0.255 e. The third-order valence-corrected chi connectivity index (χ3v) is 4.31. The number of amides is 1. The zero-order chi connectivity index (χ0) is 20.0. The third kappa shape index (κ3) is 5.64. The quantitative estimate of drug-likeness (QED) is 0.624. The first-order chi connectivity index (χ1) is 12.8. The van der Waals surface area contributed by atoms with Crippen molar-refractivity contribution in [3.8, 4) is 11.5 Å². The third-order valence-electron chi connectivity index (χ3n) is 4.03. The minimum Gasteiger partial charge on any atom is -0.490 e. The number of benzene rings is 2. The molecule has 0 aliphatic heterocycles. The van der Waals surface area contributed by atoms with E-state index in [4.69, 9.17) is 21.1 Å². The van der Waals surface area contributed by atoms with E-state index < -0.39 is 0 Å². The summed E-state index contributed by atoms with van der Waals surface area (Å²) >= 11 is 6.34. The molecule has 0 unspecified atom stereocenters. The van der Waals surface area contributed by atoms with E-state index in [0.29, 0.717) is 35.3 Å². The molecule has 5 heteroatoms. The van der Waals surface area contributed by atoms with Crippen molar-refractivity contribution in [2.24, 2.45) is 0 Å². The largest absolute Gasteiger partial charge is 0.490 e. The molecular formula is C22H28ClNO3. The number of anilines is 1. The summed E-state index contributed by atoms with van der Waals surface area (Å²) in [5.74, 6) is 0.710. The van der Waals surface area contributed by atoms with E-state index in [0.717, 1.165) is 12.1 Å². The lowest BCUT2D eigenvalue weighted by atomic mass is 9.87. The Morgan fingerprint density at radius 1 is 1.07 bits per heavy atom. The molecule has 1 N–H and O–H groups in total. The maximum atomic E-state index is 12.7. The van der Waals surface area contributed by atoms with Crippen molar-refractivity contribution in [2.45, 2.75) is 46.5 Å². The molecule has 0 heterocycles. The van der Waals surface area contributed by atoms with Gasteiger partial charge in [-0.2, -0.15) is 0 Å². The fraction of sp³-hybridized carbons (Fsp3) is 0.409. The topological polar surface area (TPSA) is 47.6 Å². The maximum absolute atomic E-state index is 12.7. The fourth-order valence-corrected chi connectivity index (χ4v) is 2.83. The molecule has 0 aliphatic rings. The molecule has 0 aliphatic carbocycles. The van der Waals surface area contributed by atoms with Gasteiger partial charge in [0.15, 0.2) is 11.5 Å². The second-order valence-electron chi connectivity index (χ2n) is 7.35. The van der Waals surface area contributed by atoms with Gasteiger partial charge in [0.25, 0.3) is 5.91 Å². The van der Waals surface area contributed by atoms with Crippen LogP contribution in [0.2, 0.25) is 5.02 Å². The Morgan fingerprint density at radius 3 is 2.30 bits per heavy atom. The molecule has 0 radical (unpaired) electrons. The van der Waals surface area contributed by atoms with Crippen LogP contribution in [-0.2, 0) is 5.41 Å². The Bertz CT molecular complexity index is 779. The highest BCUT2D eigenvalue weighted by atomic mass is 35.5. The molecule has 0 spiro atoms. The predicted octanol–water partition coefficient (Wildman–Crippen LogP) is 6.08. The van der Waals surface area contributed by atoms with Crippen LogP contribution in [0.15, 0.2) is 36.4 Å². The molecule has 2 aromatic carbocycles. The van der Waals surface area contributed by atoms with Crippen molar-refractivity contribution in [3.63, 3.8) is 0 Å². The second kappa shape index (κ2) is 9.14. The van der Waals surface area contributed by atoms with Crippen molar-refractivity contribution in [3.05, 3.63) is 52.5 Å². The van der Waals surface area contributed by atoms with Crippen LogP contribution in [0.1, 0.15) is 57.0 Å². The van der Waals surface area contributed by atoms with Crippen LogP contribution in [0.5, 0.6) is 11.5 Å². The van der Waals surface area contributed by atoms with Crippen LogP contribution < -0.4 is 14.8 Å². The van der Waals surface area contributed by atoms with Crippen LogP contribution in [-0.4, -0.2) is 19.1 Å². The number of hydrogen-bond acceptors (Lipinski definition) is 3. The fourth-order valence-electron chi connectivity index (χ4n) is 2.56. The summed E-state index contributed by atoms with van der Waals surface area (Å²) in [6.07, 6.45) is 0.856. The summed E-state index contributed by atoms with van der Waals surface area (Å²) in [6.45, 7) is 11.3. The molecule has 1 amide bonds. The molecule has 146 valence electrons. The lowest BCUT2D eigenvalue weighted by Crippen LogP contribution is -2.14. The van der Waals surface area contributed by atoms with Gasteiger partial charge >= 0.3 is 0 Å². The van der Waals surface area contributed by atoms with E-state index in [1.54, 1.807) is 12.1 Å². The molecule has 4 nitrogen and oxygen atoms in total. The smallest absolute Gasteiger partial charge is 0.255 e. The van der Waals surface area contributed by atoms with Gasteiger partial charge in [-0.15, -0.1) is 0 Å². The Balaban J connectivity index is 2.22. The van der Waals surface area contributed by atoms with Crippen molar-refractivity contribution >= 4 is 23.2 Å². The standard InChI is InChI=1S/C22H28ClNO3/c1-6-12-27-20-18(23)13-15(14-19(20)26-7-2)21(25)24-17-10-8-16(9-11-17)22(3,4)5/h8-11,13-14H,6-7,12H2,1-5H3,(H,24,25). The normalized spacial score (nSPS) is 11.2. The predicted molar refractivity (Wildman–Crippen MR) is 112 cm³/mol. The first kappa shape index (κ1) is 21.1. The summed E-state index contributed by atoms with van der Waals surface area (Å²) in [5.41, 5.74) is 2.43. The Labute approximate surface area is 166 Å². The lowest BCUT2D eigenvalue weighted by molar-refractivity contribution is 0.102. The average molecular weight is 390 g/mol. The summed E-state index contributed by atoms with van der Waals surface area (Å²) in [6, 6.07) is 11.1. The number of nitrogens with one attached hydrogen (secondary N) is 1. The minimum absolute atomic E-state index is 0.0662. The SMILES string of the molecule is CCCOc1c(Cl)cc(C(=O)Nc2ccc(C(C)(C)C)cc2)cc1OCC. The van der Waals surface area contributed by atoms with Crippen molar-refractivity contribution in [1.82, 2.24) is 0 Å². The van der Waals surface area contributed by atoms with E-state index >= 15 is 0 Å². The minimum atomic E-state index is -0.247. The zero-order valence-corrected chi connectivity index (χ0v) is 17.4. The highest BCUT2D eigenvalue weighted by molar-refractivity contribution is 6.32. The molecular weight excluding hydrogens is 362 g/mol. The van der Waals surface area contributed by atoms with E-state index in [1.165, 1.54) is 5.56 Å². The van der Waals surface area contributed by atoms with Gasteiger partial charge < -0.3 is 14.8 Å². The number of ether oxygens (including phenoxy) is 2. The van der Waals surface area contributed by atoms with Gasteiger partial charge in [-0.1, -0.05) is 51.4 Å². The summed E-state index contributed by atoms with van der Waals surface area (Å²) in [7, 11) is 0. The van der Waals surface area contributed by atoms with Gasteiger partial charge in [-0.3, -0.25) is 4.79 Å². The van der Waals surface area contributed by atoms with Crippen molar-refractivity contribution < 1.29 is 14.3 Å². The van der Waals surface area contributed by atoms with Crippen LogP contribution >= 0.6 is 11.6 Å². The first-order valence-electron chi connectivity index (χ1n) is 9.27. The molecule has 0 saturated heterocycles. The summed E-state index contributed by atoms with van der Waals surface area (Å²) in [4.78, 5) is 12.7. The number of rotatable bonds is 7. The van der Waals surface area contributed by atoms with Gasteiger partial charge in [0.1, 0.15) is 0 Å². The molecule has 27 heavy (non-hydrogen) atoms. The van der Waals surface area contributed by atoms with Gasteiger partial charge in [0, 0.05) is 11.3 Å². The molecule has 0 aromatic heterocycles. The highest BCUT2D eigenvalue weighted by Crippen LogP contribution is 2.37. The highest BCUT2D eigenvalue weighted by Gasteiger charge is 2.17. The van der Waals surface area contributed by atoms with Crippen LogP contribution in [0.4, 0.5) is 5.69 Å². The number of halogens is 1. The van der Waals surface area contributed by atoms with Crippen LogP contribution in [0.25, 0.3) is 0 Å². The molecule has 2 rings (SSSR count). The van der Waals surface area contributed by atoms with Gasteiger partial charge in [-0.05, 0) is 48.6 Å². The number of carbonyl (C=O) groups is 1. The van der Waals surface area contributed by atoms with E-state index in [1.807, 2.05) is 38.1 Å². The second-order valence-corrected chi connectivity index (χ2v) is 7.76.